The van der Waals surface area contributed by atoms with Crippen LogP contribution in [0, 0.1) is 12.7 Å². The van der Waals surface area contributed by atoms with Gasteiger partial charge in [-0.3, -0.25) is 4.79 Å². The van der Waals surface area contributed by atoms with Crippen molar-refractivity contribution in [3.05, 3.63) is 45.8 Å². The Morgan fingerprint density at radius 3 is 2.65 bits per heavy atom. The molecule has 1 aromatic carbocycles. The minimum Gasteiger partial charge on any atom is -0.483 e. The van der Waals surface area contributed by atoms with Gasteiger partial charge in [-0.05, 0) is 46.6 Å². The predicted molar refractivity (Wildman–Crippen MR) is 89.1 cm³/mol. The van der Waals surface area contributed by atoms with Gasteiger partial charge in [0.15, 0.2) is 6.61 Å². The number of carbonyl (C=O) groups excluding carboxylic acids is 1. The summed E-state index contributed by atoms with van der Waals surface area (Å²) in [6.45, 7) is 0.0453. The highest BCUT2D eigenvalue weighted by Crippen LogP contribution is 2.31. The molecule has 1 heterocycles. The van der Waals surface area contributed by atoms with E-state index in [0.29, 0.717) is 5.56 Å². The summed E-state index contributed by atoms with van der Waals surface area (Å²) in [4.78, 5) is 16.4. The average Bonchev–Trinajstić information content (AvgIpc) is 2.56. The van der Waals surface area contributed by atoms with Crippen LogP contribution < -0.4 is 14.8 Å². The molecule has 0 aliphatic rings. The normalized spacial score (nSPS) is 11.2. The maximum absolute atomic E-state index is 13.8. The maximum atomic E-state index is 13.8. The number of hydrogen-bond donors (Lipinski definition) is 1. The summed E-state index contributed by atoms with van der Waals surface area (Å²) in [5.74, 6) is -2.02. The van der Waals surface area contributed by atoms with Crippen molar-refractivity contribution in [2.75, 3.05) is 19.0 Å². The molecule has 1 N–H and O–H groups in total. The first-order chi connectivity index (χ1) is 12.1. The fraction of sp³-hybridized carbons (Fsp3) is 0.250. The van der Waals surface area contributed by atoms with Crippen LogP contribution in [0.1, 0.15) is 15.9 Å². The summed E-state index contributed by atoms with van der Waals surface area (Å²) in [7, 11) is 1.34. The molecule has 0 atom stereocenters. The number of methoxy groups -OCH3 is 1. The zero-order valence-electron chi connectivity index (χ0n) is 13.6. The van der Waals surface area contributed by atoms with Gasteiger partial charge in [-0.25, -0.2) is 9.37 Å². The van der Waals surface area contributed by atoms with Crippen LogP contribution in [-0.2, 0) is 0 Å². The predicted octanol–water partition coefficient (Wildman–Crippen LogP) is 4.49. The third-order valence-corrected chi connectivity index (χ3v) is 3.82. The molecule has 0 aliphatic carbocycles. The molecule has 140 valence electrons. The zero-order chi connectivity index (χ0) is 19.5. The Morgan fingerprint density at radius 1 is 1.35 bits per heavy atom. The standard InChI is InChI=1S/C16H13BrF4N2O3/c1-8-3-4-22-15(25-2)13(8)23-14(24)9-5-11(18)10(17)6-12(9)26-7-16(19,20)21/h3-6H,7H2,1-2H3,(H,23,24). The first-order valence-corrected chi connectivity index (χ1v) is 7.91. The number of nitrogens with zero attached hydrogens (tertiary/aromatic N) is 1. The van der Waals surface area contributed by atoms with Crippen LogP contribution in [0.3, 0.4) is 0 Å². The minimum atomic E-state index is -4.61. The molecular weight excluding hydrogens is 424 g/mol. The molecule has 0 radical (unpaired) electrons. The molecule has 1 aromatic heterocycles. The van der Waals surface area contributed by atoms with E-state index >= 15 is 0 Å². The number of aryl methyl sites for hydroxylation is 1. The molecule has 5 nitrogen and oxygen atoms in total. The van der Waals surface area contributed by atoms with Crippen molar-refractivity contribution in [2.45, 2.75) is 13.1 Å². The highest BCUT2D eigenvalue weighted by molar-refractivity contribution is 9.10. The van der Waals surface area contributed by atoms with Gasteiger partial charge in [0.25, 0.3) is 5.91 Å². The number of halogens is 5. The summed E-state index contributed by atoms with van der Waals surface area (Å²) < 4.78 is 60.6. The van der Waals surface area contributed by atoms with Crippen molar-refractivity contribution in [3.8, 4) is 11.6 Å². The minimum absolute atomic E-state index is 0.105. The van der Waals surface area contributed by atoms with Gasteiger partial charge in [0.2, 0.25) is 5.88 Å². The molecular formula is C16H13BrF4N2O3. The maximum Gasteiger partial charge on any atom is 0.422 e. The third-order valence-electron chi connectivity index (χ3n) is 3.21. The third kappa shape index (κ3) is 4.84. The van der Waals surface area contributed by atoms with Crippen molar-refractivity contribution >= 4 is 27.5 Å². The molecule has 0 unspecified atom stereocenters. The molecule has 0 saturated carbocycles. The summed E-state index contributed by atoms with van der Waals surface area (Å²) >= 11 is 2.85. The van der Waals surface area contributed by atoms with Crippen molar-refractivity contribution in [1.29, 1.82) is 0 Å². The number of benzene rings is 1. The first kappa shape index (κ1) is 20.0. The zero-order valence-corrected chi connectivity index (χ0v) is 15.2. The van der Waals surface area contributed by atoms with Gasteiger partial charge in [0, 0.05) is 6.20 Å². The molecule has 2 aromatic rings. The van der Waals surface area contributed by atoms with Gasteiger partial charge in [-0.15, -0.1) is 0 Å². The molecule has 0 fully saturated rings. The lowest BCUT2D eigenvalue weighted by Gasteiger charge is -2.15. The summed E-state index contributed by atoms with van der Waals surface area (Å²) in [5.41, 5.74) is 0.408. The van der Waals surface area contributed by atoms with E-state index < -0.39 is 35.8 Å². The fourth-order valence-corrected chi connectivity index (χ4v) is 2.33. The number of hydrogen-bond acceptors (Lipinski definition) is 4. The lowest BCUT2D eigenvalue weighted by Crippen LogP contribution is -2.21. The number of anilines is 1. The van der Waals surface area contributed by atoms with Gasteiger partial charge in [0.1, 0.15) is 17.3 Å². The van der Waals surface area contributed by atoms with Crippen LogP contribution >= 0.6 is 15.9 Å². The number of alkyl halides is 3. The van der Waals surface area contributed by atoms with Gasteiger partial charge in [-0.1, -0.05) is 0 Å². The Morgan fingerprint density at radius 2 is 2.04 bits per heavy atom. The molecule has 1 amide bonds. The van der Waals surface area contributed by atoms with Crippen LogP contribution in [0.2, 0.25) is 0 Å². The van der Waals surface area contributed by atoms with E-state index in [-0.39, 0.29) is 16.0 Å². The van der Waals surface area contributed by atoms with E-state index in [1.165, 1.54) is 13.3 Å². The Bertz CT molecular complexity index is 828. The van der Waals surface area contributed by atoms with Crippen molar-refractivity contribution in [3.63, 3.8) is 0 Å². The Hall–Kier alpha value is -2.36. The van der Waals surface area contributed by atoms with Gasteiger partial charge >= 0.3 is 6.18 Å². The van der Waals surface area contributed by atoms with E-state index in [2.05, 4.69) is 31.0 Å². The molecule has 26 heavy (non-hydrogen) atoms. The average molecular weight is 437 g/mol. The second-order valence-electron chi connectivity index (χ2n) is 5.13. The van der Waals surface area contributed by atoms with Crippen molar-refractivity contribution in [2.24, 2.45) is 0 Å². The monoisotopic (exact) mass is 436 g/mol. The quantitative estimate of drug-likeness (QED) is 0.701. The number of carbonyl (C=O) groups is 1. The van der Waals surface area contributed by atoms with E-state index in [4.69, 9.17) is 4.74 Å². The molecule has 0 bridgehead atoms. The van der Waals surface area contributed by atoms with Gasteiger partial charge in [-0.2, -0.15) is 13.2 Å². The second-order valence-corrected chi connectivity index (χ2v) is 5.99. The lowest BCUT2D eigenvalue weighted by molar-refractivity contribution is -0.153. The largest absolute Gasteiger partial charge is 0.483 e. The highest BCUT2D eigenvalue weighted by atomic mass is 79.9. The van der Waals surface area contributed by atoms with Crippen LogP contribution in [0.15, 0.2) is 28.9 Å². The lowest BCUT2D eigenvalue weighted by atomic mass is 10.1. The highest BCUT2D eigenvalue weighted by Gasteiger charge is 2.30. The van der Waals surface area contributed by atoms with E-state index in [1.807, 2.05) is 0 Å². The van der Waals surface area contributed by atoms with Crippen LogP contribution in [0.4, 0.5) is 23.2 Å². The summed E-state index contributed by atoms with van der Waals surface area (Å²) in [5, 5.41) is 2.46. The van der Waals surface area contributed by atoms with Crippen molar-refractivity contribution < 1.29 is 31.8 Å². The number of amides is 1. The number of pyridine rings is 1. The number of rotatable bonds is 5. The summed E-state index contributed by atoms with van der Waals surface area (Å²) in [6, 6.07) is 3.34. The Labute approximate surface area is 154 Å². The number of ether oxygens (including phenoxy) is 2. The fourth-order valence-electron chi connectivity index (χ4n) is 2.01. The van der Waals surface area contributed by atoms with Crippen molar-refractivity contribution in [1.82, 2.24) is 4.98 Å². The SMILES string of the molecule is COc1nccc(C)c1NC(=O)c1cc(F)c(Br)cc1OCC(F)(F)F. The van der Waals surface area contributed by atoms with E-state index in [9.17, 15) is 22.4 Å². The van der Waals surface area contributed by atoms with Gasteiger partial charge < -0.3 is 14.8 Å². The Kier molecular flexibility index (Phi) is 6.06. The van der Waals surface area contributed by atoms with E-state index in [0.717, 1.165) is 12.1 Å². The van der Waals surface area contributed by atoms with Crippen LogP contribution in [-0.4, -0.2) is 30.8 Å². The summed E-state index contributed by atoms with van der Waals surface area (Å²) in [6.07, 6.45) is -3.15. The molecule has 0 aliphatic heterocycles. The second kappa shape index (κ2) is 7.90. The topological polar surface area (TPSA) is 60.5 Å². The van der Waals surface area contributed by atoms with Crippen LogP contribution in [0.25, 0.3) is 0 Å². The number of nitrogens with one attached hydrogen (secondary N) is 1. The van der Waals surface area contributed by atoms with E-state index in [1.54, 1.807) is 13.0 Å². The van der Waals surface area contributed by atoms with Crippen LogP contribution in [0.5, 0.6) is 11.6 Å². The smallest absolute Gasteiger partial charge is 0.422 e. The van der Waals surface area contributed by atoms with Gasteiger partial charge in [0.05, 0.1) is 17.1 Å². The molecule has 0 saturated heterocycles. The first-order valence-electron chi connectivity index (χ1n) is 7.12. The molecule has 0 spiro atoms. The Balaban J connectivity index is 2.38. The molecule has 2 rings (SSSR count). The molecule has 10 heteroatoms. The number of aromatic nitrogens is 1.